The number of nitrogens with one attached hydrogen (secondary N) is 1. The highest BCUT2D eigenvalue weighted by Gasteiger charge is 2.20. The van der Waals surface area contributed by atoms with Gasteiger partial charge < -0.3 is 20.7 Å². The van der Waals surface area contributed by atoms with Gasteiger partial charge in [-0.1, -0.05) is 12.1 Å². The molecule has 1 unspecified atom stereocenters. The molecule has 4 aromatic rings. The van der Waals surface area contributed by atoms with E-state index in [9.17, 15) is 9.90 Å². The summed E-state index contributed by atoms with van der Waals surface area (Å²) in [7, 11) is 0. The molecular formula is C20H19N5O2. The van der Waals surface area contributed by atoms with Crippen LogP contribution in [0.5, 0.6) is 5.75 Å². The van der Waals surface area contributed by atoms with Crippen molar-refractivity contribution in [2.45, 2.75) is 12.5 Å². The Kier molecular flexibility index (Phi) is 3.45. The molecule has 0 amide bonds. The Balaban J connectivity index is 1.66. The van der Waals surface area contributed by atoms with Gasteiger partial charge in [0.05, 0.1) is 16.6 Å². The first kappa shape index (κ1) is 15.9. The Labute approximate surface area is 154 Å². The van der Waals surface area contributed by atoms with Gasteiger partial charge in [0.1, 0.15) is 5.75 Å². The number of anilines is 1. The maximum Gasteiger partial charge on any atom is 0.261 e. The maximum atomic E-state index is 12.6. The van der Waals surface area contributed by atoms with Gasteiger partial charge in [0.2, 0.25) is 5.95 Å². The summed E-state index contributed by atoms with van der Waals surface area (Å²) in [6.45, 7) is 1.78. The molecule has 7 heteroatoms. The van der Waals surface area contributed by atoms with Crippen molar-refractivity contribution in [2.75, 3.05) is 18.0 Å². The maximum absolute atomic E-state index is 12.6. The summed E-state index contributed by atoms with van der Waals surface area (Å²) < 4.78 is 1.49. The molecule has 7 nitrogen and oxygen atoms in total. The first-order valence-corrected chi connectivity index (χ1v) is 8.94. The number of imidazole rings is 1. The van der Waals surface area contributed by atoms with Crippen molar-refractivity contribution in [2.24, 2.45) is 5.73 Å². The lowest BCUT2D eigenvalue weighted by Gasteiger charge is -2.17. The number of nitrogens with two attached hydrogens (primary N) is 1. The molecular weight excluding hydrogens is 342 g/mol. The summed E-state index contributed by atoms with van der Waals surface area (Å²) in [6.07, 6.45) is 0.987. The van der Waals surface area contributed by atoms with Gasteiger partial charge in [-0.25, -0.2) is 9.55 Å². The number of hydrogen-bond donors (Lipinski definition) is 3. The first-order valence-electron chi connectivity index (χ1n) is 8.94. The molecule has 5 rings (SSSR count). The van der Waals surface area contributed by atoms with Crippen LogP contribution in [0.4, 0.5) is 5.69 Å². The second-order valence-corrected chi connectivity index (χ2v) is 6.98. The van der Waals surface area contributed by atoms with E-state index < -0.39 is 0 Å². The van der Waals surface area contributed by atoms with Crippen molar-refractivity contribution >= 4 is 27.6 Å². The molecule has 1 aliphatic rings. The van der Waals surface area contributed by atoms with Crippen molar-refractivity contribution in [3.63, 3.8) is 0 Å². The molecule has 3 heterocycles. The van der Waals surface area contributed by atoms with E-state index in [0.717, 1.165) is 36.2 Å². The normalized spacial score (nSPS) is 17.2. The topological polar surface area (TPSA) is 100 Å². The molecule has 1 atom stereocenters. The third-order valence-electron chi connectivity index (χ3n) is 5.16. The highest BCUT2D eigenvalue weighted by molar-refractivity contribution is 5.87. The van der Waals surface area contributed by atoms with E-state index in [1.807, 2.05) is 30.3 Å². The molecule has 2 aromatic carbocycles. The van der Waals surface area contributed by atoms with Crippen LogP contribution in [0.2, 0.25) is 0 Å². The number of para-hydroxylation sites is 1. The lowest BCUT2D eigenvalue weighted by molar-refractivity contribution is 0.480. The predicted octanol–water partition coefficient (Wildman–Crippen LogP) is 2.11. The molecule has 0 spiro atoms. The highest BCUT2D eigenvalue weighted by Crippen LogP contribution is 2.27. The Morgan fingerprint density at radius 1 is 1.19 bits per heavy atom. The molecule has 0 radical (unpaired) electrons. The van der Waals surface area contributed by atoms with E-state index in [-0.39, 0.29) is 17.4 Å². The minimum Gasteiger partial charge on any atom is -0.507 e. The summed E-state index contributed by atoms with van der Waals surface area (Å²) in [6, 6.07) is 14.7. The van der Waals surface area contributed by atoms with Crippen LogP contribution in [-0.2, 0) is 0 Å². The molecule has 0 bridgehead atoms. The molecule has 27 heavy (non-hydrogen) atoms. The summed E-state index contributed by atoms with van der Waals surface area (Å²) in [5, 5.41) is 10.7. The summed E-state index contributed by atoms with van der Waals surface area (Å²) in [4.78, 5) is 22.7. The third kappa shape index (κ3) is 2.55. The summed E-state index contributed by atoms with van der Waals surface area (Å²) >= 11 is 0. The zero-order chi connectivity index (χ0) is 18.5. The Bertz CT molecular complexity index is 1230. The minimum atomic E-state index is -0.337. The lowest BCUT2D eigenvalue weighted by atomic mass is 10.2. The number of hydrogen-bond acceptors (Lipinski definition) is 5. The fraction of sp³-hybridized carbons (Fsp3) is 0.200. The Morgan fingerprint density at radius 2 is 2.04 bits per heavy atom. The fourth-order valence-electron chi connectivity index (χ4n) is 3.79. The SMILES string of the molecule is NC1CCN(c2ccc3nc(-n4c(=O)cc(O)c5ccccc54)[nH]c3c2)C1. The number of aromatic amines is 1. The second kappa shape index (κ2) is 5.85. The van der Waals surface area contributed by atoms with Gasteiger partial charge in [0.15, 0.2) is 0 Å². The molecule has 1 aliphatic heterocycles. The molecule has 0 saturated carbocycles. The molecule has 2 aromatic heterocycles. The number of pyridine rings is 1. The summed E-state index contributed by atoms with van der Waals surface area (Å²) in [5.41, 5.74) is 9.01. The number of nitrogens with zero attached hydrogens (tertiary/aromatic N) is 3. The average Bonchev–Trinajstić information content (AvgIpc) is 3.27. The fourth-order valence-corrected chi connectivity index (χ4v) is 3.79. The lowest BCUT2D eigenvalue weighted by Crippen LogP contribution is -2.26. The highest BCUT2D eigenvalue weighted by atomic mass is 16.3. The molecule has 0 aliphatic carbocycles. The predicted molar refractivity (Wildman–Crippen MR) is 106 cm³/mol. The number of fused-ring (bicyclic) bond motifs is 2. The van der Waals surface area contributed by atoms with Crippen molar-refractivity contribution in [3.05, 3.63) is 58.9 Å². The van der Waals surface area contributed by atoms with E-state index in [1.54, 1.807) is 12.1 Å². The number of aromatic nitrogens is 3. The van der Waals surface area contributed by atoms with Gasteiger partial charge in [-0.2, -0.15) is 0 Å². The first-order chi connectivity index (χ1) is 13.1. The van der Waals surface area contributed by atoms with E-state index in [2.05, 4.69) is 14.9 Å². The summed E-state index contributed by atoms with van der Waals surface area (Å²) in [5.74, 6) is 0.400. The quantitative estimate of drug-likeness (QED) is 0.508. The molecule has 1 fully saturated rings. The van der Waals surface area contributed by atoms with Gasteiger partial charge in [0.25, 0.3) is 5.56 Å². The van der Waals surface area contributed by atoms with E-state index in [0.29, 0.717) is 16.9 Å². The zero-order valence-corrected chi connectivity index (χ0v) is 14.6. The minimum absolute atomic E-state index is 0.0318. The zero-order valence-electron chi connectivity index (χ0n) is 14.6. The van der Waals surface area contributed by atoms with E-state index >= 15 is 0 Å². The number of aromatic hydroxyl groups is 1. The van der Waals surface area contributed by atoms with Gasteiger partial charge in [0, 0.05) is 36.3 Å². The van der Waals surface area contributed by atoms with Crippen LogP contribution < -0.4 is 16.2 Å². The van der Waals surface area contributed by atoms with Crippen LogP contribution in [0.3, 0.4) is 0 Å². The van der Waals surface area contributed by atoms with Crippen LogP contribution in [0.25, 0.3) is 27.9 Å². The van der Waals surface area contributed by atoms with Crippen molar-refractivity contribution in [1.29, 1.82) is 0 Å². The van der Waals surface area contributed by atoms with E-state index in [1.165, 1.54) is 10.6 Å². The van der Waals surface area contributed by atoms with Crippen LogP contribution in [0.15, 0.2) is 53.3 Å². The number of rotatable bonds is 2. The van der Waals surface area contributed by atoms with Gasteiger partial charge in [-0.05, 0) is 36.8 Å². The standard InChI is InChI=1S/C20H19N5O2/c21-12-7-8-24(11-12)13-5-6-15-16(9-13)23-20(22-15)25-17-4-2-1-3-14(17)18(26)10-19(25)27/h1-6,9-10,12,26H,7-8,11,21H2,(H,22,23). The van der Waals surface area contributed by atoms with Crippen LogP contribution in [0.1, 0.15) is 6.42 Å². The monoisotopic (exact) mass is 361 g/mol. The van der Waals surface area contributed by atoms with Crippen molar-refractivity contribution in [3.8, 4) is 11.7 Å². The molecule has 136 valence electrons. The molecule has 4 N–H and O–H groups in total. The Morgan fingerprint density at radius 3 is 2.85 bits per heavy atom. The largest absolute Gasteiger partial charge is 0.507 e. The van der Waals surface area contributed by atoms with Gasteiger partial charge in [-0.15, -0.1) is 0 Å². The number of benzene rings is 2. The molecule has 1 saturated heterocycles. The van der Waals surface area contributed by atoms with Crippen LogP contribution >= 0.6 is 0 Å². The third-order valence-corrected chi connectivity index (χ3v) is 5.16. The smallest absolute Gasteiger partial charge is 0.261 e. The Hall–Kier alpha value is -3.32. The van der Waals surface area contributed by atoms with Crippen molar-refractivity contribution in [1.82, 2.24) is 14.5 Å². The van der Waals surface area contributed by atoms with Crippen molar-refractivity contribution < 1.29 is 5.11 Å². The van der Waals surface area contributed by atoms with Crippen LogP contribution in [-0.4, -0.2) is 38.8 Å². The van der Waals surface area contributed by atoms with Gasteiger partial charge >= 0.3 is 0 Å². The van der Waals surface area contributed by atoms with Gasteiger partial charge in [-0.3, -0.25) is 4.79 Å². The van der Waals surface area contributed by atoms with E-state index in [4.69, 9.17) is 5.73 Å². The number of H-pyrrole nitrogens is 1. The second-order valence-electron chi connectivity index (χ2n) is 6.98. The average molecular weight is 361 g/mol. The van der Waals surface area contributed by atoms with Crippen LogP contribution in [0, 0.1) is 0 Å².